The van der Waals surface area contributed by atoms with Crippen LogP contribution in [0.25, 0.3) is 0 Å². The van der Waals surface area contributed by atoms with Gasteiger partial charge in [0.25, 0.3) is 0 Å². The van der Waals surface area contributed by atoms with Crippen LogP contribution >= 0.6 is 0 Å². The summed E-state index contributed by atoms with van der Waals surface area (Å²) in [7, 11) is 1.30. The van der Waals surface area contributed by atoms with Crippen LogP contribution in [0.1, 0.15) is 17.2 Å². The highest BCUT2D eigenvalue weighted by atomic mass is 16.5. The van der Waals surface area contributed by atoms with Gasteiger partial charge in [0.15, 0.2) is 0 Å². The molecular weight excluding hydrogens is 220 g/mol. The van der Waals surface area contributed by atoms with Crippen LogP contribution in [-0.2, 0) is 9.53 Å². The Kier molecular flexibility index (Phi) is 3.15. The zero-order valence-corrected chi connectivity index (χ0v) is 9.71. The molecule has 4 nitrogen and oxygen atoms in total. The lowest BCUT2D eigenvalue weighted by atomic mass is 10.0. The minimum atomic E-state index is -0.745. The Bertz CT molecular complexity index is 464. The number of hydrogen-bond acceptors (Lipinski definition) is 4. The predicted octanol–water partition coefficient (Wildman–Crippen LogP) is 1.52. The Balaban J connectivity index is 2.17. The molecule has 1 aromatic rings. The second-order valence-corrected chi connectivity index (χ2v) is 3.95. The van der Waals surface area contributed by atoms with E-state index >= 15 is 0 Å². The number of esters is 1. The molecule has 0 saturated carbocycles. The Morgan fingerprint density at radius 3 is 3.00 bits per heavy atom. The van der Waals surface area contributed by atoms with Gasteiger partial charge < -0.3 is 14.6 Å². The van der Waals surface area contributed by atoms with Crippen molar-refractivity contribution in [3.63, 3.8) is 0 Å². The van der Waals surface area contributed by atoms with E-state index in [1.165, 1.54) is 19.3 Å². The van der Waals surface area contributed by atoms with Crippen LogP contribution in [0.4, 0.5) is 0 Å². The number of fused-ring (bicyclic) bond motifs is 1. The third-order valence-electron chi connectivity index (χ3n) is 2.68. The molecule has 0 spiro atoms. The van der Waals surface area contributed by atoms with Crippen LogP contribution in [-0.4, -0.2) is 24.3 Å². The van der Waals surface area contributed by atoms with Crippen molar-refractivity contribution in [2.24, 2.45) is 0 Å². The van der Waals surface area contributed by atoms with Gasteiger partial charge in [-0.1, -0.05) is 11.6 Å². The third kappa shape index (κ3) is 2.31. The first-order valence-corrected chi connectivity index (χ1v) is 5.33. The van der Waals surface area contributed by atoms with E-state index in [1.807, 2.05) is 25.1 Å². The first-order valence-electron chi connectivity index (χ1n) is 5.33. The maximum absolute atomic E-state index is 11.0. The van der Waals surface area contributed by atoms with E-state index in [9.17, 15) is 9.90 Å². The van der Waals surface area contributed by atoms with Crippen LogP contribution in [0.5, 0.6) is 5.75 Å². The molecule has 0 aromatic heterocycles. The molecule has 1 aromatic carbocycles. The number of benzene rings is 1. The van der Waals surface area contributed by atoms with Gasteiger partial charge in [-0.05, 0) is 25.1 Å². The molecule has 2 rings (SSSR count). The smallest absolute Gasteiger partial charge is 0.330 e. The van der Waals surface area contributed by atoms with Crippen molar-refractivity contribution in [3.05, 3.63) is 41.5 Å². The number of rotatable bonds is 2. The van der Waals surface area contributed by atoms with Gasteiger partial charge in [0.05, 0.1) is 7.11 Å². The monoisotopic (exact) mass is 234 g/mol. The van der Waals surface area contributed by atoms with Crippen LogP contribution in [0.2, 0.25) is 0 Å². The predicted molar refractivity (Wildman–Crippen MR) is 61.7 cm³/mol. The minimum absolute atomic E-state index is 0.465. The average molecular weight is 234 g/mol. The summed E-state index contributed by atoms with van der Waals surface area (Å²) >= 11 is 0. The largest absolute Gasteiger partial charge is 0.483 e. The lowest BCUT2D eigenvalue weighted by Gasteiger charge is -2.08. The van der Waals surface area contributed by atoms with E-state index in [1.54, 1.807) is 0 Å². The van der Waals surface area contributed by atoms with Crippen molar-refractivity contribution < 1.29 is 19.4 Å². The van der Waals surface area contributed by atoms with E-state index in [0.29, 0.717) is 5.75 Å². The summed E-state index contributed by atoms with van der Waals surface area (Å²) in [4.78, 5) is 11.0. The molecule has 0 amide bonds. The van der Waals surface area contributed by atoms with E-state index in [0.717, 1.165) is 11.1 Å². The number of aliphatic hydroxyl groups is 1. The van der Waals surface area contributed by atoms with Gasteiger partial charge in [-0.15, -0.1) is 0 Å². The molecule has 2 unspecified atom stereocenters. The molecule has 1 aliphatic rings. The van der Waals surface area contributed by atoms with Gasteiger partial charge in [-0.3, -0.25) is 0 Å². The highest BCUT2D eigenvalue weighted by Crippen LogP contribution is 2.37. The lowest BCUT2D eigenvalue weighted by Crippen LogP contribution is -2.15. The number of aryl methyl sites for hydroxylation is 1. The lowest BCUT2D eigenvalue weighted by molar-refractivity contribution is -0.134. The van der Waals surface area contributed by atoms with Gasteiger partial charge in [0, 0.05) is 11.6 Å². The number of methoxy groups -OCH3 is 1. The molecule has 4 heteroatoms. The highest BCUT2D eigenvalue weighted by molar-refractivity contribution is 5.81. The summed E-state index contributed by atoms with van der Waals surface area (Å²) in [6.07, 6.45) is 1.48. The SMILES string of the molecule is COC(=O)/C=C/C1Oc2ccc(C)cc2C1O. The summed E-state index contributed by atoms with van der Waals surface area (Å²) in [6.45, 7) is 1.95. The van der Waals surface area contributed by atoms with Crippen LogP contribution in [0, 0.1) is 6.92 Å². The molecule has 0 bridgehead atoms. The van der Waals surface area contributed by atoms with E-state index in [2.05, 4.69) is 4.74 Å². The molecule has 1 N–H and O–H groups in total. The molecule has 0 aliphatic carbocycles. The van der Waals surface area contributed by atoms with Gasteiger partial charge in [-0.25, -0.2) is 4.79 Å². The molecule has 0 radical (unpaired) electrons. The van der Waals surface area contributed by atoms with Crippen molar-refractivity contribution in [2.75, 3.05) is 7.11 Å². The molecule has 17 heavy (non-hydrogen) atoms. The standard InChI is InChI=1S/C13H14O4/c1-8-3-4-10-9(7-8)13(15)11(17-10)5-6-12(14)16-2/h3-7,11,13,15H,1-2H3/b6-5+. The molecule has 0 fully saturated rings. The Labute approximate surface area is 99.5 Å². The van der Waals surface area contributed by atoms with Crippen molar-refractivity contribution in [1.29, 1.82) is 0 Å². The maximum Gasteiger partial charge on any atom is 0.330 e. The van der Waals surface area contributed by atoms with Crippen molar-refractivity contribution >= 4 is 5.97 Å². The fourth-order valence-electron chi connectivity index (χ4n) is 1.78. The van der Waals surface area contributed by atoms with Gasteiger partial charge >= 0.3 is 5.97 Å². The van der Waals surface area contributed by atoms with Crippen molar-refractivity contribution in [1.82, 2.24) is 0 Å². The summed E-state index contributed by atoms with van der Waals surface area (Å²) < 4.78 is 10.0. The molecular formula is C13H14O4. The fraction of sp³-hybridized carbons (Fsp3) is 0.308. The number of carbonyl (C=O) groups is 1. The number of aliphatic hydroxyl groups excluding tert-OH is 1. The maximum atomic E-state index is 11.0. The van der Waals surface area contributed by atoms with Crippen LogP contribution in [0.3, 0.4) is 0 Å². The highest BCUT2D eigenvalue weighted by Gasteiger charge is 2.30. The third-order valence-corrected chi connectivity index (χ3v) is 2.68. The summed E-state index contributed by atoms with van der Waals surface area (Å²) in [5, 5.41) is 10.0. The van der Waals surface area contributed by atoms with Crippen LogP contribution in [0.15, 0.2) is 30.4 Å². The summed E-state index contributed by atoms with van der Waals surface area (Å²) in [5.41, 5.74) is 1.81. The second kappa shape index (κ2) is 4.59. The summed E-state index contributed by atoms with van der Waals surface area (Å²) in [5.74, 6) is 0.190. The number of ether oxygens (including phenoxy) is 2. The van der Waals surface area contributed by atoms with Gasteiger partial charge in [0.1, 0.15) is 18.0 Å². The van der Waals surface area contributed by atoms with Crippen LogP contribution < -0.4 is 4.74 Å². The number of carbonyl (C=O) groups excluding carboxylic acids is 1. The Morgan fingerprint density at radius 1 is 1.53 bits per heavy atom. The fourth-order valence-corrected chi connectivity index (χ4v) is 1.78. The van der Waals surface area contributed by atoms with E-state index in [-0.39, 0.29) is 0 Å². The molecule has 2 atom stereocenters. The topological polar surface area (TPSA) is 55.8 Å². The zero-order valence-electron chi connectivity index (χ0n) is 9.71. The molecule has 1 aliphatic heterocycles. The van der Waals surface area contributed by atoms with Crippen molar-refractivity contribution in [3.8, 4) is 5.75 Å². The van der Waals surface area contributed by atoms with Crippen molar-refractivity contribution in [2.45, 2.75) is 19.1 Å². The first kappa shape index (κ1) is 11.7. The Morgan fingerprint density at radius 2 is 2.29 bits per heavy atom. The van der Waals surface area contributed by atoms with E-state index < -0.39 is 18.2 Å². The van der Waals surface area contributed by atoms with E-state index in [4.69, 9.17) is 4.74 Å². The van der Waals surface area contributed by atoms with Gasteiger partial charge in [-0.2, -0.15) is 0 Å². The quantitative estimate of drug-likeness (QED) is 0.622. The normalized spacial score (nSPS) is 22.3. The molecule has 1 heterocycles. The summed E-state index contributed by atoms with van der Waals surface area (Å²) in [6, 6.07) is 5.61. The average Bonchev–Trinajstić information content (AvgIpc) is 2.63. The van der Waals surface area contributed by atoms with Gasteiger partial charge in [0.2, 0.25) is 0 Å². The number of hydrogen-bond donors (Lipinski definition) is 1. The Hall–Kier alpha value is -1.81. The molecule has 0 saturated heterocycles. The minimum Gasteiger partial charge on any atom is -0.483 e. The second-order valence-electron chi connectivity index (χ2n) is 3.95. The first-order chi connectivity index (χ1) is 8.11. The zero-order chi connectivity index (χ0) is 12.4. The molecule has 90 valence electrons.